The molecule has 122 valence electrons. The van der Waals surface area contributed by atoms with Crippen molar-refractivity contribution >= 4 is 10.0 Å². The van der Waals surface area contributed by atoms with Gasteiger partial charge in [-0.15, -0.1) is 0 Å². The van der Waals surface area contributed by atoms with Crippen molar-refractivity contribution in [2.75, 3.05) is 45.9 Å². The monoisotopic (exact) mass is 328 g/mol. The second-order valence-electron chi connectivity index (χ2n) is 5.86. The van der Waals surface area contributed by atoms with Crippen LogP contribution in [-0.4, -0.2) is 63.6 Å². The molecule has 2 aliphatic heterocycles. The lowest BCUT2D eigenvalue weighted by Gasteiger charge is -2.35. The molecule has 5 nitrogen and oxygen atoms in total. The van der Waals surface area contributed by atoms with Crippen molar-refractivity contribution in [2.24, 2.45) is 5.92 Å². The smallest absolute Gasteiger partial charge is 0.246 e. The fourth-order valence-corrected chi connectivity index (χ4v) is 4.53. The van der Waals surface area contributed by atoms with Gasteiger partial charge in [0, 0.05) is 39.3 Å². The number of piperazine rings is 1. The second kappa shape index (κ2) is 6.62. The summed E-state index contributed by atoms with van der Waals surface area (Å²) in [6.07, 6.45) is 1.08. The molecule has 7 heteroatoms. The van der Waals surface area contributed by atoms with Crippen molar-refractivity contribution in [3.8, 4) is 0 Å². The van der Waals surface area contributed by atoms with Gasteiger partial charge in [0.15, 0.2) is 0 Å². The van der Waals surface area contributed by atoms with E-state index in [0.717, 1.165) is 26.2 Å². The number of benzene rings is 1. The van der Waals surface area contributed by atoms with Crippen molar-refractivity contribution in [2.45, 2.75) is 11.3 Å². The fraction of sp³-hybridized carbons (Fsp3) is 0.600. The number of hydrogen-bond acceptors (Lipinski definition) is 4. The Labute approximate surface area is 130 Å². The first kappa shape index (κ1) is 15.9. The van der Waals surface area contributed by atoms with E-state index in [9.17, 15) is 12.8 Å². The van der Waals surface area contributed by atoms with Gasteiger partial charge in [-0.05, 0) is 24.5 Å². The first-order valence-corrected chi connectivity index (χ1v) is 9.06. The third-order valence-electron chi connectivity index (χ3n) is 4.33. The maximum atomic E-state index is 13.8. The van der Waals surface area contributed by atoms with Crippen molar-refractivity contribution in [3.63, 3.8) is 0 Å². The van der Waals surface area contributed by atoms with Crippen LogP contribution in [0.1, 0.15) is 6.42 Å². The van der Waals surface area contributed by atoms with Gasteiger partial charge < -0.3 is 9.64 Å². The number of halogens is 1. The predicted octanol–water partition coefficient (Wildman–Crippen LogP) is 1.17. The maximum Gasteiger partial charge on any atom is 0.246 e. The summed E-state index contributed by atoms with van der Waals surface area (Å²) >= 11 is 0. The van der Waals surface area contributed by atoms with Crippen molar-refractivity contribution in [1.82, 2.24) is 9.21 Å². The molecule has 1 aromatic carbocycles. The number of nitrogens with zero attached hydrogens (tertiary/aromatic N) is 2. The van der Waals surface area contributed by atoms with E-state index in [1.807, 2.05) is 0 Å². The normalized spacial score (nSPS) is 24.7. The topological polar surface area (TPSA) is 49.9 Å². The SMILES string of the molecule is O=S(=O)(c1ccccc1F)N1CCN(CC2CCOC2)CC1. The third kappa shape index (κ3) is 3.32. The summed E-state index contributed by atoms with van der Waals surface area (Å²) in [7, 11) is -3.74. The molecule has 0 aromatic heterocycles. The van der Waals surface area contributed by atoms with Gasteiger partial charge in [-0.25, -0.2) is 12.8 Å². The van der Waals surface area contributed by atoms with Crippen LogP contribution in [0.2, 0.25) is 0 Å². The maximum absolute atomic E-state index is 13.8. The van der Waals surface area contributed by atoms with E-state index in [1.165, 1.54) is 22.5 Å². The van der Waals surface area contributed by atoms with Crippen molar-refractivity contribution < 1.29 is 17.5 Å². The Kier molecular flexibility index (Phi) is 4.77. The van der Waals surface area contributed by atoms with Crippen LogP contribution in [0.4, 0.5) is 4.39 Å². The summed E-state index contributed by atoms with van der Waals surface area (Å²) in [6.45, 7) is 4.76. The highest BCUT2D eigenvalue weighted by Gasteiger charge is 2.31. The highest BCUT2D eigenvalue weighted by atomic mass is 32.2. The van der Waals surface area contributed by atoms with Gasteiger partial charge in [-0.3, -0.25) is 0 Å². The molecule has 1 unspecified atom stereocenters. The second-order valence-corrected chi connectivity index (χ2v) is 7.77. The molecule has 0 spiro atoms. The standard InChI is InChI=1S/C15H21FN2O3S/c16-14-3-1-2-4-15(14)22(19,20)18-8-6-17(7-9-18)11-13-5-10-21-12-13/h1-4,13H,5-12H2. The summed E-state index contributed by atoms with van der Waals surface area (Å²) in [5.74, 6) is -0.136. The third-order valence-corrected chi connectivity index (χ3v) is 6.26. The molecular formula is C15H21FN2O3S. The zero-order valence-corrected chi connectivity index (χ0v) is 13.3. The summed E-state index contributed by atoms with van der Waals surface area (Å²) < 4.78 is 45.5. The van der Waals surface area contributed by atoms with Gasteiger partial charge in [0.25, 0.3) is 0 Å². The minimum Gasteiger partial charge on any atom is -0.381 e. The van der Waals surface area contributed by atoms with E-state index >= 15 is 0 Å². The van der Waals surface area contributed by atoms with Crippen LogP contribution in [0.25, 0.3) is 0 Å². The van der Waals surface area contributed by atoms with E-state index in [1.54, 1.807) is 6.07 Å². The van der Waals surface area contributed by atoms with Gasteiger partial charge in [0.05, 0.1) is 6.61 Å². The molecule has 3 rings (SSSR count). The van der Waals surface area contributed by atoms with Crippen LogP contribution in [0.15, 0.2) is 29.2 Å². The molecule has 0 aliphatic carbocycles. The zero-order chi connectivity index (χ0) is 15.6. The summed E-state index contributed by atoms with van der Waals surface area (Å²) in [6, 6.07) is 5.55. The molecular weight excluding hydrogens is 307 g/mol. The molecule has 2 heterocycles. The first-order chi connectivity index (χ1) is 10.6. The van der Waals surface area contributed by atoms with Gasteiger partial charge >= 0.3 is 0 Å². The van der Waals surface area contributed by atoms with Crippen LogP contribution < -0.4 is 0 Å². The number of sulfonamides is 1. The lowest BCUT2D eigenvalue weighted by molar-refractivity contribution is 0.143. The fourth-order valence-electron chi connectivity index (χ4n) is 3.04. The van der Waals surface area contributed by atoms with E-state index in [-0.39, 0.29) is 4.90 Å². The Morgan fingerprint density at radius 2 is 1.91 bits per heavy atom. The average molecular weight is 328 g/mol. The van der Waals surface area contributed by atoms with Gasteiger partial charge in [0.1, 0.15) is 10.7 Å². The molecule has 0 saturated carbocycles. The Morgan fingerprint density at radius 3 is 2.55 bits per heavy atom. The van der Waals surface area contributed by atoms with E-state index in [4.69, 9.17) is 4.74 Å². The van der Waals surface area contributed by atoms with Crippen LogP contribution >= 0.6 is 0 Å². The van der Waals surface area contributed by atoms with Gasteiger partial charge in [-0.1, -0.05) is 12.1 Å². The van der Waals surface area contributed by atoms with E-state index in [2.05, 4.69) is 4.90 Å². The Hall–Kier alpha value is -1.02. The van der Waals surface area contributed by atoms with Gasteiger partial charge in [-0.2, -0.15) is 4.31 Å². The quantitative estimate of drug-likeness (QED) is 0.832. The minimum atomic E-state index is -3.74. The average Bonchev–Trinajstić information content (AvgIpc) is 3.01. The van der Waals surface area contributed by atoms with Crippen molar-refractivity contribution in [3.05, 3.63) is 30.1 Å². The Balaban J connectivity index is 1.62. The molecule has 0 radical (unpaired) electrons. The molecule has 2 fully saturated rings. The van der Waals surface area contributed by atoms with Crippen LogP contribution in [0.5, 0.6) is 0 Å². The molecule has 0 bridgehead atoms. The van der Waals surface area contributed by atoms with E-state index in [0.29, 0.717) is 32.1 Å². The summed E-state index contributed by atoms with van der Waals surface area (Å²) in [5.41, 5.74) is 0. The summed E-state index contributed by atoms with van der Waals surface area (Å²) in [4.78, 5) is 2.04. The van der Waals surface area contributed by atoms with Crippen molar-refractivity contribution in [1.29, 1.82) is 0 Å². The van der Waals surface area contributed by atoms with E-state index < -0.39 is 15.8 Å². The van der Waals surface area contributed by atoms with Crippen LogP contribution in [0.3, 0.4) is 0 Å². The Bertz CT molecular complexity index is 609. The Morgan fingerprint density at radius 1 is 1.18 bits per heavy atom. The lowest BCUT2D eigenvalue weighted by atomic mass is 10.1. The highest BCUT2D eigenvalue weighted by Crippen LogP contribution is 2.21. The zero-order valence-electron chi connectivity index (χ0n) is 12.4. The number of ether oxygens (including phenoxy) is 1. The molecule has 22 heavy (non-hydrogen) atoms. The molecule has 2 saturated heterocycles. The predicted molar refractivity (Wildman–Crippen MR) is 80.5 cm³/mol. The molecule has 1 atom stereocenters. The van der Waals surface area contributed by atoms with Crippen LogP contribution in [-0.2, 0) is 14.8 Å². The largest absolute Gasteiger partial charge is 0.381 e. The number of hydrogen-bond donors (Lipinski definition) is 0. The minimum absolute atomic E-state index is 0.229. The molecule has 0 N–H and O–H groups in total. The highest BCUT2D eigenvalue weighted by molar-refractivity contribution is 7.89. The molecule has 1 aromatic rings. The molecule has 2 aliphatic rings. The van der Waals surface area contributed by atoms with Crippen LogP contribution in [0, 0.1) is 11.7 Å². The lowest BCUT2D eigenvalue weighted by Crippen LogP contribution is -2.49. The van der Waals surface area contributed by atoms with Gasteiger partial charge in [0.2, 0.25) is 10.0 Å². The number of rotatable bonds is 4. The summed E-state index contributed by atoms with van der Waals surface area (Å²) in [5, 5.41) is 0. The first-order valence-electron chi connectivity index (χ1n) is 7.62. The molecule has 0 amide bonds.